The maximum absolute atomic E-state index is 10.9. The Morgan fingerprint density at radius 3 is 2.53 bits per heavy atom. The first-order valence-electron chi connectivity index (χ1n) is 5.93. The molecule has 0 saturated heterocycles. The van der Waals surface area contributed by atoms with E-state index in [2.05, 4.69) is 0 Å². The van der Waals surface area contributed by atoms with Gasteiger partial charge in [-0.05, 0) is 45.7 Å². The zero-order valence-corrected chi connectivity index (χ0v) is 10.5. The molecule has 0 N–H and O–H groups in total. The first-order chi connectivity index (χ1) is 7.98. The van der Waals surface area contributed by atoms with Crippen LogP contribution in [0.1, 0.15) is 44.0 Å². The zero-order chi connectivity index (χ0) is 12.5. The molecule has 0 atom stereocenters. The van der Waals surface area contributed by atoms with Crippen LogP contribution in [0.5, 0.6) is 11.5 Å². The topological polar surface area (TPSA) is 35.5 Å². The Bertz CT molecular complexity index is 414. The second-order valence-corrected chi connectivity index (χ2v) is 5.35. The zero-order valence-electron chi connectivity index (χ0n) is 10.5. The number of benzene rings is 1. The number of hydrogen-bond donors (Lipinski definition) is 0. The fraction of sp³-hybridized carbons (Fsp3) is 0.500. The van der Waals surface area contributed by atoms with E-state index >= 15 is 0 Å². The summed E-state index contributed by atoms with van der Waals surface area (Å²) in [6.45, 7) is 5.86. The Morgan fingerprint density at radius 1 is 1.29 bits per heavy atom. The molecule has 1 saturated carbocycles. The summed E-state index contributed by atoms with van der Waals surface area (Å²) in [6, 6.07) is 5.36. The molecule has 0 amide bonds. The van der Waals surface area contributed by atoms with Crippen LogP contribution in [0.4, 0.5) is 0 Å². The summed E-state index contributed by atoms with van der Waals surface area (Å²) >= 11 is 0. The minimum atomic E-state index is -0.323. The fourth-order valence-corrected chi connectivity index (χ4v) is 1.48. The summed E-state index contributed by atoms with van der Waals surface area (Å²) in [5.41, 5.74) is 0.235. The molecule has 0 aliphatic heterocycles. The highest BCUT2D eigenvalue weighted by atomic mass is 16.5. The summed E-state index contributed by atoms with van der Waals surface area (Å²) in [7, 11) is 0. The molecule has 1 aliphatic carbocycles. The molecule has 0 bridgehead atoms. The van der Waals surface area contributed by atoms with Crippen molar-refractivity contribution in [1.29, 1.82) is 0 Å². The summed E-state index contributed by atoms with van der Waals surface area (Å²) in [5.74, 6) is 1.36. The Hall–Kier alpha value is -1.51. The van der Waals surface area contributed by atoms with E-state index in [9.17, 15) is 4.79 Å². The number of hydrogen-bond acceptors (Lipinski definition) is 3. The predicted octanol–water partition coefficient (Wildman–Crippen LogP) is 3.22. The molecule has 2 rings (SSSR count). The molecule has 3 heteroatoms. The van der Waals surface area contributed by atoms with Gasteiger partial charge in [0.15, 0.2) is 6.29 Å². The average molecular weight is 234 g/mol. The largest absolute Gasteiger partial charge is 0.490 e. The van der Waals surface area contributed by atoms with E-state index in [0.29, 0.717) is 17.4 Å². The molecule has 92 valence electrons. The molecular formula is C14H18O3. The number of carbonyl (C=O) groups excluding carboxylic acids is 1. The maximum atomic E-state index is 10.9. The van der Waals surface area contributed by atoms with Gasteiger partial charge in [-0.3, -0.25) is 4.79 Å². The van der Waals surface area contributed by atoms with E-state index in [1.807, 2.05) is 26.8 Å². The summed E-state index contributed by atoms with van der Waals surface area (Å²) in [6.07, 6.45) is 3.39. The van der Waals surface area contributed by atoms with E-state index in [-0.39, 0.29) is 5.60 Å². The van der Waals surface area contributed by atoms with E-state index in [1.54, 1.807) is 12.1 Å². The van der Waals surface area contributed by atoms with Crippen LogP contribution in [-0.2, 0) is 0 Å². The van der Waals surface area contributed by atoms with Crippen molar-refractivity contribution in [3.63, 3.8) is 0 Å². The van der Waals surface area contributed by atoms with E-state index in [1.165, 1.54) is 0 Å². The molecule has 0 unspecified atom stereocenters. The van der Waals surface area contributed by atoms with Gasteiger partial charge in [0.05, 0.1) is 11.7 Å². The quantitative estimate of drug-likeness (QED) is 0.750. The first-order valence-corrected chi connectivity index (χ1v) is 5.93. The van der Waals surface area contributed by atoms with Crippen molar-refractivity contribution in [2.45, 2.75) is 45.3 Å². The van der Waals surface area contributed by atoms with E-state index < -0.39 is 0 Å². The van der Waals surface area contributed by atoms with Crippen LogP contribution in [-0.4, -0.2) is 18.0 Å². The van der Waals surface area contributed by atoms with Crippen LogP contribution >= 0.6 is 0 Å². The van der Waals surface area contributed by atoms with Gasteiger partial charge in [0, 0.05) is 6.07 Å². The van der Waals surface area contributed by atoms with Crippen molar-refractivity contribution in [2.75, 3.05) is 0 Å². The van der Waals surface area contributed by atoms with Crippen molar-refractivity contribution < 1.29 is 14.3 Å². The van der Waals surface area contributed by atoms with Crippen LogP contribution < -0.4 is 9.47 Å². The van der Waals surface area contributed by atoms with Crippen LogP contribution in [0, 0.1) is 0 Å². The maximum Gasteiger partial charge on any atom is 0.153 e. The third-order valence-electron chi connectivity index (χ3n) is 2.36. The standard InChI is InChI=1S/C14H18O3/c1-14(2,3)17-13-8-12(16-11-6-7-11)5-4-10(13)9-15/h4-5,8-9,11H,6-7H2,1-3H3. The van der Waals surface area contributed by atoms with Gasteiger partial charge in [-0.2, -0.15) is 0 Å². The Kier molecular flexibility index (Phi) is 3.09. The van der Waals surface area contributed by atoms with Gasteiger partial charge in [-0.25, -0.2) is 0 Å². The van der Waals surface area contributed by atoms with Crippen molar-refractivity contribution in [1.82, 2.24) is 0 Å². The second kappa shape index (κ2) is 4.40. The van der Waals surface area contributed by atoms with Gasteiger partial charge in [0.2, 0.25) is 0 Å². The van der Waals surface area contributed by atoms with Crippen LogP contribution in [0.3, 0.4) is 0 Å². The second-order valence-electron chi connectivity index (χ2n) is 5.35. The SMILES string of the molecule is CC(C)(C)Oc1cc(OC2CC2)ccc1C=O. The first kappa shape index (κ1) is 12.0. The minimum Gasteiger partial charge on any atom is -0.490 e. The van der Waals surface area contributed by atoms with E-state index in [4.69, 9.17) is 9.47 Å². The Balaban J connectivity index is 2.21. The highest BCUT2D eigenvalue weighted by Crippen LogP contribution is 2.31. The molecule has 0 heterocycles. The monoisotopic (exact) mass is 234 g/mol. The predicted molar refractivity (Wildman–Crippen MR) is 65.9 cm³/mol. The van der Waals surface area contributed by atoms with Crippen molar-refractivity contribution >= 4 is 6.29 Å². The lowest BCUT2D eigenvalue weighted by Crippen LogP contribution is -2.23. The van der Waals surface area contributed by atoms with Gasteiger partial charge >= 0.3 is 0 Å². The lowest BCUT2D eigenvalue weighted by molar-refractivity contribution is 0.109. The number of aldehydes is 1. The van der Waals surface area contributed by atoms with Gasteiger partial charge in [-0.15, -0.1) is 0 Å². The van der Waals surface area contributed by atoms with Crippen LogP contribution in [0.2, 0.25) is 0 Å². The molecule has 0 radical (unpaired) electrons. The van der Waals surface area contributed by atoms with Gasteiger partial charge in [0.1, 0.15) is 17.1 Å². The van der Waals surface area contributed by atoms with Crippen molar-refractivity contribution in [3.05, 3.63) is 23.8 Å². The number of ether oxygens (including phenoxy) is 2. The Morgan fingerprint density at radius 2 is 2.00 bits per heavy atom. The number of rotatable bonds is 4. The molecule has 1 aliphatic rings. The highest BCUT2D eigenvalue weighted by Gasteiger charge is 2.24. The summed E-state index contributed by atoms with van der Waals surface area (Å²) < 4.78 is 11.4. The van der Waals surface area contributed by atoms with Gasteiger partial charge in [0.25, 0.3) is 0 Å². The molecule has 3 nitrogen and oxygen atoms in total. The normalized spacial score (nSPS) is 15.5. The third-order valence-corrected chi connectivity index (χ3v) is 2.36. The fourth-order valence-electron chi connectivity index (χ4n) is 1.48. The Labute approximate surface area is 102 Å². The van der Waals surface area contributed by atoms with Gasteiger partial charge in [-0.1, -0.05) is 0 Å². The number of carbonyl (C=O) groups is 1. The van der Waals surface area contributed by atoms with Crippen LogP contribution in [0.15, 0.2) is 18.2 Å². The van der Waals surface area contributed by atoms with Crippen molar-refractivity contribution in [2.24, 2.45) is 0 Å². The van der Waals surface area contributed by atoms with Crippen LogP contribution in [0.25, 0.3) is 0 Å². The molecule has 1 aromatic rings. The molecule has 17 heavy (non-hydrogen) atoms. The van der Waals surface area contributed by atoms with Crippen molar-refractivity contribution in [3.8, 4) is 11.5 Å². The third kappa shape index (κ3) is 3.48. The molecular weight excluding hydrogens is 216 g/mol. The summed E-state index contributed by atoms with van der Waals surface area (Å²) in [4.78, 5) is 10.9. The smallest absolute Gasteiger partial charge is 0.153 e. The van der Waals surface area contributed by atoms with Gasteiger partial charge < -0.3 is 9.47 Å². The minimum absolute atomic E-state index is 0.323. The lowest BCUT2D eigenvalue weighted by atomic mass is 10.1. The highest BCUT2D eigenvalue weighted by molar-refractivity contribution is 5.79. The molecule has 0 aromatic heterocycles. The molecule has 1 aromatic carbocycles. The average Bonchev–Trinajstić information content (AvgIpc) is 3.00. The lowest BCUT2D eigenvalue weighted by Gasteiger charge is -2.22. The molecule has 0 spiro atoms. The summed E-state index contributed by atoms with van der Waals surface area (Å²) in [5, 5.41) is 0. The molecule has 1 fully saturated rings. The van der Waals surface area contributed by atoms with E-state index in [0.717, 1.165) is 24.9 Å².